The fourth-order valence-electron chi connectivity index (χ4n) is 5.41. The highest BCUT2D eigenvalue weighted by Crippen LogP contribution is 2.29. The number of aromatic nitrogens is 4. The first kappa shape index (κ1) is 28.5. The largest absolute Gasteiger partial charge is 0.353 e. The number of aryl methyl sites for hydroxylation is 1. The number of pyridine rings is 1. The molecule has 5 rings (SSSR count). The number of allylic oxidation sites excluding steroid dienone is 3. The molecule has 10 nitrogen and oxygen atoms in total. The van der Waals surface area contributed by atoms with Crippen molar-refractivity contribution >= 4 is 23.7 Å². The summed E-state index contributed by atoms with van der Waals surface area (Å²) in [4.78, 5) is 23.9. The van der Waals surface area contributed by atoms with Gasteiger partial charge in [-0.25, -0.2) is 9.51 Å². The molecule has 1 fully saturated rings. The van der Waals surface area contributed by atoms with Gasteiger partial charge in [0.1, 0.15) is 17.9 Å². The molecule has 1 aromatic carbocycles. The van der Waals surface area contributed by atoms with E-state index in [2.05, 4.69) is 38.9 Å². The third-order valence-corrected chi connectivity index (χ3v) is 7.62. The van der Waals surface area contributed by atoms with Crippen molar-refractivity contribution in [3.8, 4) is 17.2 Å². The highest BCUT2D eigenvalue weighted by atomic mass is 16.2. The van der Waals surface area contributed by atoms with Crippen molar-refractivity contribution < 1.29 is 4.79 Å². The highest BCUT2D eigenvalue weighted by molar-refractivity contribution is 5.85. The van der Waals surface area contributed by atoms with Gasteiger partial charge >= 0.3 is 0 Å². The van der Waals surface area contributed by atoms with Crippen LogP contribution >= 0.6 is 0 Å². The molecule has 0 radical (unpaired) electrons. The minimum absolute atomic E-state index is 0.102. The number of hydrogen-bond acceptors (Lipinski definition) is 7. The minimum Gasteiger partial charge on any atom is -0.353 e. The first-order valence-corrected chi connectivity index (χ1v) is 13.8. The Labute approximate surface area is 246 Å². The maximum atomic E-state index is 13.5. The Kier molecular flexibility index (Phi) is 8.31. The first-order valence-electron chi connectivity index (χ1n) is 13.8. The quantitative estimate of drug-likeness (QED) is 0.238. The molecule has 1 atom stereocenters. The van der Waals surface area contributed by atoms with E-state index >= 15 is 0 Å². The van der Waals surface area contributed by atoms with Crippen molar-refractivity contribution in [3.05, 3.63) is 95.8 Å². The van der Waals surface area contributed by atoms with E-state index in [1.165, 1.54) is 0 Å². The lowest BCUT2D eigenvalue weighted by molar-refractivity contribution is -0.137. The number of rotatable bonds is 8. The Morgan fingerprint density at radius 3 is 2.38 bits per heavy atom. The van der Waals surface area contributed by atoms with Crippen LogP contribution in [0, 0.1) is 11.3 Å². The Morgan fingerprint density at radius 2 is 1.76 bits per heavy atom. The van der Waals surface area contributed by atoms with Gasteiger partial charge in [0.2, 0.25) is 5.91 Å². The van der Waals surface area contributed by atoms with Gasteiger partial charge < -0.3 is 9.80 Å². The van der Waals surface area contributed by atoms with Crippen molar-refractivity contribution in [3.63, 3.8) is 0 Å². The van der Waals surface area contributed by atoms with Crippen LogP contribution in [0.25, 0.3) is 22.2 Å². The van der Waals surface area contributed by atoms with E-state index in [0.29, 0.717) is 31.7 Å². The van der Waals surface area contributed by atoms with Gasteiger partial charge in [-0.05, 0) is 51.0 Å². The number of aliphatic imine (C=N–C) groups is 1. The molecule has 0 bridgehead atoms. The monoisotopic (exact) mass is 561 g/mol. The second-order valence-electron chi connectivity index (χ2n) is 10.6. The van der Waals surface area contributed by atoms with Crippen LogP contribution in [0.2, 0.25) is 0 Å². The number of amides is 1. The van der Waals surface area contributed by atoms with Crippen molar-refractivity contribution in [2.24, 2.45) is 12.0 Å². The van der Waals surface area contributed by atoms with Crippen LogP contribution in [-0.4, -0.2) is 87.0 Å². The van der Waals surface area contributed by atoms with Crippen LogP contribution in [0.3, 0.4) is 0 Å². The summed E-state index contributed by atoms with van der Waals surface area (Å²) in [5.41, 5.74) is 6.01. The van der Waals surface area contributed by atoms with Gasteiger partial charge in [0.15, 0.2) is 0 Å². The molecule has 0 aliphatic carbocycles. The molecule has 0 spiro atoms. The predicted molar refractivity (Wildman–Crippen MR) is 164 cm³/mol. The van der Waals surface area contributed by atoms with Gasteiger partial charge in [0.05, 0.1) is 23.5 Å². The van der Waals surface area contributed by atoms with Gasteiger partial charge in [-0.15, -0.1) is 0 Å². The number of fused-ring (bicyclic) bond motifs is 1. The summed E-state index contributed by atoms with van der Waals surface area (Å²) in [7, 11) is 5.75. The molecule has 42 heavy (non-hydrogen) atoms. The van der Waals surface area contributed by atoms with Crippen LogP contribution in [0.1, 0.15) is 29.7 Å². The standard InChI is InChI=1S/C32H35N9O/c1-23(28-17-25(27-20-35-38(5)21-27)22-41-30(28)26(18-33)19-36-41)11-12-29(34-2)39-13-15-40(16-14-39)32(42)31(37(3)4)24-9-7-6-8-10-24/h6-12,17,19-22,31H,2,13-16H2,1,3-5H3/b23-11+,29-12+/t31-/m0/s1. The van der Waals surface area contributed by atoms with Crippen LogP contribution in [0.15, 0.2) is 84.2 Å². The van der Waals surface area contributed by atoms with Crippen LogP contribution in [0.5, 0.6) is 0 Å². The van der Waals surface area contributed by atoms with Gasteiger partial charge in [-0.3, -0.25) is 14.4 Å². The molecule has 10 heteroatoms. The third-order valence-electron chi connectivity index (χ3n) is 7.62. The van der Waals surface area contributed by atoms with Gasteiger partial charge in [0.25, 0.3) is 0 Å². The lowest BCUT2D eigenvalue weighted by Crippen LogP contribution is -2.51. The molecule has 1 saturated heterocycles. The maximum absolute atomic E-state index is 13.5. The normalized spacial score (nSPS) is 15.2. The number of benzene rings is 1. The van der Waals surface area contributed by atoms with Crippen molar-refractivity contribution in [2.75, 3.05) is 40.3 Å². The van der Waals surface area contributed by atoms with E-state index in [1.54, 1.807) is 15.4 Å². The van der Waals surface area contributed by atoms with E-state index in [4.69, 9.17) is 0 Å². The zero-order valence-electron chi connectivity index (χ0n) is 24.5. The van der Waals surface area contributed by atoms with Gasteiger partial charge in [-0.1, -0.05) is 36.4 Å². The summed E-state index contributed by atoms with van der Waals surface area (Å²) in [5.74, 6) is 0.840. The second-order valence-corrected chi connectivity index (χ2v) is 10.6. The molecule has 1 aliphatic heterocycles. The van der Waals surface area contributed by atoms with E-state index < -0.39 is 0 Å². The number of carbonyl (C=O) groups excluding carboxylic acids is 1. The number of carbonyl (C=O) groups is 1. The molecule has 4 heterocycles. The van der Waals surface area contributed by atoms with Gasteiger partial charge in [-0.2, -0.15) is 15.5 Å². The zero-order valence-corrected chi connectivity index (χ0v) is 24.5. The lowest BCUT2D eigenvalue weighted by atomic mass is 10.0. The molecule has 0 saturated carbocycles. The molecule has 0 unspecified atom stereocenters. The molecule has 0 N–H and O–H groups in total. The molecular formula is C32H35N9O. The third kappa shape index (κ3) is 5.73. The van der Waals surface area contributed by atoms with E-state index in [-0.39, 0.29) is 11.9 Å². The summed E-state index contributed by atoms with van der Waals surface area (Å²) < 4.78 is 3.50. The number of piperazine rings is 1. The highest BCUT2D eigenvalue weighted by Gasteiger charge is 2.30. The van der Waals surface area contributed by atoms with Crippen LogP contribution in [-0.2, 0) is 11.8 Å². The van der Waals surface area contributed by atoms with E-state index in [1.807, 2.05) is 98.9 Å². The van der Waals surface area contributed by atoms with E-state index in [9.17, 15) is 10.1 Å². The number of hydrogen-bond donors (Lipinski definition) is 0. The Morgan fingerprint density at radius 1 is 1.05 bits per heavy atom. The van der Waals surface area contributed by atoms with Crippen molar-refractivity contribution in [1.82, 2.24) is 34.1 Å². The molecular weight excluding hydrogens is 526 g/mol. The fourth-order valence-corrected chi connectivity index (χ4v) is 5.41. The lowest BCUT2D eigenvalue weighted by Gasteiger charge is -2.38. The fraction of sp³-hybridized carbons (Fsp3) is 0.281. The topological polar surface area (TPSA) is 98.1 Å². The Hall–Kier alpha value is -5.01. The zero-order chi connectivity index (χ0) is 29.8. The number of nitriles is 1. The maximum Gasteiger partial charge on any atom is 0.244 e. The second kappa shape index (κ2) is 12.2. The average Bonchev–Trinajstić information content (AvgIpc) is 3.63. The smallest absolute Gasteiger partial charge is 0.244 e. The Bertz CT molecular complexity index is 1700. The molecule has 214 valence electrons. The molecule has 1 amide bonds. The first-order chi connectivity index (χ1) is 20.3. The summed E-state index contributed by atoms with van der Waals surface area (Å²) in [6, 6.07) is 13.9. The van der Waals surface area contributed by atoms with Crippen molar-refractivity contribution in [1.29, 1.82) is 5.26 Å². The van der Waals surface area contributed by atoms with Crippen LogP contribution < -0.4 is 0 Å². The number of likely N-dealkylation sites (N-methyl/N-ethyl adjacent to an activating group) is 1. The molecule has 3 aromatic heterocycles. The van der Waals surface area contributed by atoms with Crippen molar-refractivity contribution in [2.45, 2.75) is 13.0 Å². The Balaban J connectivity index is 1.36. The molecule has 1 aliphatic rings. The van der Waals surface area contributed by atoms with Gasteiger partial charge in [0, 0.05) is 62.3 Å². The average molecular weight is 562 g/mol. The minimum atomic E-state index is -0.322. The van der Waals surface area contributed by atoms with Crippen LogP contribution in [0.4, 0.5) is 0 Å². The SMILES string of the molecule is C=N/C(=C\C=C(/C)c1cc(-c2cnn(C)c2)cn2ncc(C#N)c12)N1CCN(C(=O)[C@H](c2ccccc2)N(C)C)CC1. The summed E-state index contributed by atoms with van der Waals surface area (Å²) in [6.07, 6.45) is 11.2. The van der Waals surface area contributed by atoms with E-state index in [0.717, 1.165) is 39.2 Å². The summed E-state index contributed by atoms with van der Waals surface area (Å²) in [5, 5.41) is 18.5. The predicted octanol–water partition coefficient (Wildman–Crippen LogP) is 4.00. The number of nitrogens with zero attached hydrogens (tertiary/aromatic N) is 9. The summed E-state index contributed by atoms with van der Waals surface area (Å²) in [6.45, 7) is 8.33. The molecule has 4 aromatic rings. The summed E-state index contributed by atoms with van der Waals surface area (Å²) >= 11 is 0.